The van der Waals surface area contributed by atoms with Gasteiger partial charge < -0.3 is 10.6 Å². The van der Waals surface area contributed by atoms with Gasteiger partial charge in [-0.15, -0.1) is 0 Å². The number of alkyl halides is 3. The first-order chi connectivity index (χ1) is 10.3. The molecule has 2 rings (SSSR count). The van der Waals surface area contributed by atoms with E-state index in [1.807, 2.05) is 0 Å². The summed E-state index contributed by atoms with van der Waals surface area (Å²) in [5, 5.41) is 6.20. The zero-order valence-electron chi connectivity index (χ0n) is 12.6. The highest BCUT2D eigenvalue weighted by molar-refractivity contribution is 5.78. The average molecular weight is 314 g/mol. The number of carbonyl (C=O) groups excluding carboxylic acids is 1. The van der Waals surface area contributed by atoms with Crippen LogP contribution in [0.3, 0.4) is 0 Å². The van der Waals surface area contributed by atoms with Gasteiger partial charge in [0.05, 0.1) is 12.0 Å². The molecule has 2 N–H and O–H groups in total. The van der Waals surface area contributed by atoms with Gasteiger partial charge >= 0.3 is 6.18 Å². The van der Waals surface area contributed by atoms with Crippen molar-refractivity contribution in [2.45, 2.75) is 32.4 Å². The van der Waals surface area contributed by atoms with Gasteiger partial charge in [-0.1, -0.05) is 19.1 Å². The van der Waals surface area contributed by atoms with Crippen molar-refractivity contribution in [2.75, 3.05) is 19.6 Å². The summed E-state index contributed by atoms with van der Waals surface area (Å²) >= 11 is 0. The summed E-state index contributed by atoms with van der Waals surface area (Å²) in [7, 11) is 0. The van der Waals surface area contributed by atoms with E-state index in [9.17, 15) is 18.0 Å². The molecule has 1 atom stereocenters. The maximum Gasteiger partial charge on any atom is 0.416 e. The van der Waals surface area contributed by atoms with Crippen LogP contribution >= 0.6 is 0 Å². The maximum atomic E-state index is 12.5. The molecule has 6 heteroatoms. The molecular weight excluding hydrogens is 293 g/mol. The molecule has 1 unspecified atom stereocenters. The Hall–Kier alpha value is -1.56. The fourth-order valence-electron chi connectivity index (χ4n) is 2.64. The van der Waals surface area contributed by atoms with Crippen LogP contribution in [-0.2, 0) is 17.4 Å². The average Bonchev–Trinajstić information content (AvgIpc) is 2.46. The summed E-state index contributed by atoms with van der Waals surface area (Å²) in [5.41, 5.74) is -0.0662. The van der Waals surface area contributed by atoms with Crippen LogP contribution in [0.1, 0.15) is 30.9 Å². The Labute approximate surface area is 128 Å². The molecule has 1 heterocycles. The normalized spacial score (nSPS) is 22.4. The van der Waals surface area contributed by atoms with Crippen LogP contribution < -0.4 is 10.6 Å². The van der Waals surface area contributed by atoms with E-state index in [1.165, 1.54) is 12.1 Å². The lowest BCUT2D eigenvalue weighted by Gasteiger charge is -2.34. The summed E-state index contributed by atoms with van der Waals surface area (Å²) in [6.45, 7) is 4.58. The first-order valence-corrected chi connectivity index (χ1v) is 7.42. The van der Waals surface area contributed by atoms with E-state index in [0.29, 0.717) is 12.1 Å². The predicted octanol–water partition coefficient (Wildman–Crippen LogP) is 2.75. The third kappa shape index (κ3) is 4.73. The molecule has 1 fully saturated rings. The van der Waals surface area contributed by atoms with Gasteiger partial charge in [0.1, 0.15) is 0 Å². The summed E-state index contributed by atoms with van der Waals surface area (Å²) in [6.07, 6.45) is -2.10. The van der Waals surface area contributed by atoms with E-state index >= 15 is 0 Å². The molecule has 3 nitrogen and oxygen atoms in total. The highest BCUT2D eigenvalue weighted by Crippen LogP contribution is 2.29. The van der Waals surface area contributed by atoms with Crippen molar-refractivity contribution < 1.29 is 18.0 Å². The molecule has 0 aromatic heterocycles. The molecule has 1 aromatic carbocycles. The minimum Gasteiger partial charge on any atom is -0.355 e. The van der Waals surface area contributed by atoms with Crippen LogP contribution in [0.2, 0.25) is 0 Å². The smallest absolute Gasteiger partial charge is 0.355 e. The Morgan fingerprint density at radius 1 is 1.32 bits per heavy atom. The van der Waals surface area contributed by atoms with E-state index < -0.39 is 11.7 Å². The van der Waals surface area contributed by atoms with Crippen LogP contribution in [0.15, 0.2) is 24.3 Å². The van der Waals surface area contributed by atoms with Crippen molar-refractivity contribution in [1.29, 1.82) is 0 Å². The summed E-state index contributed by atoms with van der Waals surface area (Å²) in [4.78, 5) is 11.9. The van der Waals surface area contributed by atoms with Gasteiger partial charge in [0.15, 0.2) is 0 Å². The minimum absolute atomic E-state index is 0.0497. The minimum atomic E-state index is -4.34. The Morgan fingerprint density at radius 3 is 2.55 bits per heavy atom. The van der Waals surface area contributed by atoms with Crippen LogP contribution in [0.4, 0.5) is 13.2 Å². The monoisotopic (exact) mass is 314 g/mol. The number of rotatable bonds is 4. The standard InChI is InChI=1S/C16H21F3N2O/c1-15(7-2-8-20-10-15)11-21-14(22)9-12-3-5-13(6-4-12)16(17,18)19/h3-6,20H,2,7-11H2,1H3,(H,21,22). The Bertz CT molecular complexity index is 505. The van der Waals surface area contributed by atoms with Gasteiger partial charge in [0, 0.05) is 13.1 Å². The molecular formula is C16H21F3N2O. The number of nitrogens with one attached hydrogen (secondary N) is 2. The summed E-state index contributed by atoms with van der Waals surface area (Å²) in [5.74, 6) is -0.161. The number of halogens is 3. The molecule has 0 bridgehead atoms. The Morgan fingerprint density at radius 2 is 2.00 bits per heavy atom. The molecule has 0 aliphatic carbocycles. The SMILES string of the molecule is CC1(CNC(=O)Cc2ccc(C(F)(F)F)cc2)CCCNC1. The molecule has 1 aromatic rings. The zero-order chi connectivity index (χ0) is 16.2. The molecule has 0 radical (unpaired) electrons. The second kappa shape index (κ2) is 6.69. The van der Waals surface area contributed by atoms with Gasteiger partial charge in [0.25, 0.3) is 0 Å². The van der Waals surface area contributed by atoms with Crippen molar-refractivity contribution >= 4 is 5.91 Å². The van der Waals surface area contributed by atoms with Crippen molar-refractivity contribution in [3.05, 3.63) is 35.4 Å². The fraction of sp³-hybridized carbons (Fsp3) is 0.562. The summed E-state index contributed by atoms with van der Waals surface area (Å²) in [6, 6.07) is 4.72. The molecule has 1 amide bonds. The van der Waals surface area contributed by atoms with Crippen molar-refractivity contribution in [3.8, 4) is 0 Å². The van der Waals surface area contributed by atoms with Gasteiger partial charge in [-0.25, -0.2) is 0 Å². The van der Waals surface area contributed by atoms with Crippen LogP contribution in [-0.4, -0.2) is 25.5 Å². The molecule has 0 spiro atoms. The molecule has 1 aliphatic rings. The number of piperidine rings is 1. The predicted molar refractivity (Wildman–Crippen MR) is 78.4 cm³/mol. The van der Waals surface area contributed by atoms with Crippen LogP contribution in [0.5, 0.6) is 0 Å². The van der Waals surface area contributed by atoms with Crippen molar-refractivity contribution in [2.24, 2.45) is 5.41 Å². The third-order valence-electron chi connectivity index (χ3n) is 4.04. The highest BCUT2D eigenvalue weighted by atomic mass is 19.4. The van der Waals surface area contributed by atoms with Gasteiger partial charge in [0.2, 0.25) is 5.91 Å². The van der Waals surface area contributed by atoms with Crippen LogP contribution in [0.25, 0.3) is 0 Å². The maximum absolute atomic E-state index is 12.5. The zero-order valence-corrected chi connectivity index (χ0v) is 12.6. The Kier molecular flexibility index (Phi) is 5.11. The third-order valence-corrected chi connectivity index (χ3v) is 4.04. The number of benzene rings is 1. The second-order valence-corrected chi connectivity index (χ2v) is 6.24. The highest BCUT2D eigenvalue weighted by Gasteiger charge is 2.30. The first-order valence-electron chi connectivity index (χ1n) is 7.42. The molecule has 1 aliphatic heterocycles. The van der Waals surface area contributed by atoms with Gasteiger partial charge in [-0.2, -0.15) is 13.2 Å². The summed E-state index contributed by atoms with van der Waals surface area (Å²) < 4.78 is 37.4. The van der Waals surface area contributed by atoms with E-state index in [1.54, 1.807) is 0 Å². The van der Waals surface area contributed by atoms with Crippen molar-refractivity contribution in [3.63, 3.8) is 0 Å². The first kappa shape index (κ1) is 16.8. The van der Waals surface area contributed by atoms with E-state index in [-0.39, 0.29) is 17.7 Å². The topological polar surface area (TPSA) is 41.1 Å². The number of hydrogen-bond donors (Lipinski definition) is 2. The second-order valence-electron chi connectivity index (χ2n) is 6.24. The molecule has 0 saturated carbocycles. The lowest BCUT2D eigenvalue weighted by atomic mass is 9.83. The van der Waals surface area contributed by atoms with E-state index in [2.05, 4.69) is 17.6 Å². The van der Waals surface area contributed by atoms with E-state index in [0.717, 1.165) is 38.1 Å². The molecule has 122 valence electrons. The Balaban J connectivity index is 1.84. The largest absolute Gasteiger partial charge is 0.416 e. The number of amides is 1. The lowest BCUT2D eigenvalue weighted by molar-refractivity contribution is -0.137. The molecule has 1 saturated heterocycles. The quantitative estimate of drug-likeness (QED) is 0.897. The fourth-order valence-corrected chi connectivity index (χ4v) is 2.64. The van der Waals surface area contributed by atoms with Crippen molar-refractivity contribution in [1.82, 2.24) is 10.6 Å². The molecule has 22 heavy (non-hydrogen) atoms. The van der Waals surface area contributed by atoms with Crippen LogP contribution in [0, 0.1) is 5.41 Å². The van der Waals surface area contributed by atoms with E-state index in [4.69, 9.17) is 0 Å². The number of hydrogen-bond acceptors (Lipinski definition) is 2. The van der Waals surface area contributed by atoms with Gasteiger partial charge in [-0.05, 0) is 42.5 Å². The number of carbonyl (C=O) groups is 1. The van der Waals surface area contributed by atoms with Gasteiger partial charge in [-0.3, -0.25) is 4.79 Å². The lowest BCUT2D eigenvalue weighted by Crippen LogP contribution is -2.45.